The molecule has 0 aromatic rings. The van der Waals surface area contributed by atoms with Gasteiger partial charge in [0.1, 0.15) is 5.82 Å². The van der Waals surface area contributed by atoms with E-state index < -0.39 is 0 Å². The highest BCUT2D eigenvalue weighted by molar-refractivity contribution is 6.52. The summed E-state index contributed by atoms with van der Waals surface area (Å²) in [4.78, 5) is 28.3. The van der Waals surface area contributed by atoms with Crippen LogP contribution in [0.4, 0.5) is 0 Å². The van der Waals surface area contributed by atoms with Crippen molar-refractivity contribution < 1.29 is 9.59 Å². The Balaban J connectivity index is 2.36. The second kappa shape index (κ2) is 5.47. The van der Waals surface area contributed by atoms with Gasteiger partial charge in [0.05, 0.1) is 11.1 Å². The van der Waals surface area contributed by atoms with Crippen LogP contribution in [-0.4, -0.2) is 72.6 Å². The Bertz CT molecular complexity index is 603. The molecule has 2 rings (SSSR count). The van der Waals surface area contributed by atoms with Gasteiger partial charge in [-0.3, -0.25) is 9.59 Å². The lowest BCUT2D eigenvalue weighted by molar-refractivity contribution is -0.124. The van der Waals surface area contributed by atoms with Crippen LogP contribution in [0.2, 0.25) is 0 Å². The number of nitrogens with zero attached hydrogens (tertiary/aromatic N) is 4. The Kier molecular flexibility index (Phi) is 4.00. The van der Waals surface area contributed by atoms with E-state index >= 15 is 0 Å². The zero-order chi connectivity index (χ0) is 16.7. The van der Waals surface area contributed by atoms with Gasteiger partial charge in [-0.15, -0.1) is 0 Å². The fourth-order valence-electron chi connectivity index (χ4n) is 2.69. The molecule has 0 aromatic carbocycles. The summed E-state index contributed by atoms with van der Waals surface area (Å²) in [6.45, 7) is 5.20. The first-order chi connectivity index (χ1) is 10.2. The first kappa shape index (κ1) is 16.1. The minimum atomic E-state index is -0.365. The van der Waals surface area contributed by atoms with Gasteiger partial charge in [0.25, 0.3) is 11.8 Å². The van der Waals surface area contributed by atoms with Gasteiger partial charge >= 0.3 is 0 Å². The first-order valence-electron chi connectivity index (χ1n) is 7.15. The van der Waals surface area contributed by atoms with Gasteiger partial charge in [0.2, 0.25) is 0 Å². The number of allylic oxidation sites excluding steroid dienone is 2. The standard InChI is InChI=1S/C15H23N5O2/c1-15(2)9-18(4)11(19(15)5)8-7-10-12(13(21)16-3)17-20(6)14(10)22/h7-8H,9H2,1-6H3,(H,16,21)/b10-7+,11-8+. The van der Waals surface area contributed by atoms with Crippen molar-refractivity contribution >= 4 is 17.5 Å². The molecular weight excluding hydrogens is 282 g/mol. The average molecular weight is 305 g/mol. The number of nitrogens with one attached hydrogen (secondary N) is 1. The van der Waals surface area contributed by atoms with Crippen molar-refractivity contribution in [1.29, 1.82) is 0 Å². The van der Waals surface area contributed by atoms with E-state index in [1.165, 1.54) is 19.1 Å². The highest BCUT2D eigenvalue weighted by Crippen LogP contribution is 2.29. The summed E-state index contributed by atoms with van der Waals surface area (Å²) >= 11 is 0. The summed E-state index contributed by atoms with van der Waals surface area (Å²) in [6.07, 6.45) is 3.53. The van der Waals surface area contributed by atoms with Gasteiger partial charge < -0.3 is 15.1 Å². The average Bonchev–Trinajstić information content (AvgIpc) is 2.83. The molecule has 0 bridgehead atoms. The number of likely N-dealkylation sites (N-methyl/N-ethyl adjacent to an activating group) is 3. The zero-order valence-electron chi connectivity index (χ0n) is 14.0. The maximum Gasteiger partial charge on any atom is 0.276 e. The molecule has 0 atom stereocenters. The fourth-order valence-corrected chi connectivity index (χ4v) is 2.69. The molecular formula is C15H23N5O2. The Hall–Kier alpha value is -2.31. The van der Waals surface area contributed by atoms with Crippen molar-refractivity contribution in [3.05, 3.63) is 23.5 Å². The van der Waals surface area contributed by atoms with Gasteiger partial charge in [-0.05, 0) is 26.0 Å². The lowest BCUT2D eigenvalue weighted by Gasteiger charge is -2.27. The number of hydrogen-bond donors (Lipinski definition) is 1. The molecule has 0 aromatic heterocycles. The second-order valence-electron chi connectivity index (χ2n) is 6.19. The molecule has 120 valence electrons. The Morgan fingerprint density at radius 1 is 1.27 bits per heavy atom. The third kappa shape index (κ3) is 2.58. The smallest absolute Gasteiger partial charge is 0.276 e. The Morgan fingerprint density at radius 2 is 1.91 bits per heavy atom. The van der Waals surface area contributed by atoms with Gasteiger partial charge in [-0.1, -0.05) is 0 Å². The fraction of sp³-hybridized carbons (Fsp3) is 0.533. The first-order valence-corrected chi connectivity index (χ1v) is 7.15. The minimum absolute atomic E-state index is 0.0211. The molecule has 1 fully saturated rings. The van der Waals surface area contributed by atoms with Gasteiger partial charge in [0.15, 0.2) is 5.71 Å². The number of carbonyl (C=O) groups is 2. The largest absolute Gasteiger partial charge is 0.359 e. The predicted molar refractivity (Wildman–Crippen MR) is 84.9 cm³/mol. The Morgan fingerprint density at radius 3 is 2.41 bits per heavy atom. The van der Waals surface area contributed by atoms with Crippen molar-refractivity contribution in [2.75, 3.05) is 34.7 Å². The highest BCUT2D eigenvalue weighted by Gasteiger charge is 2.36. The number of carbonyl (C=O) groups excluding carboxylic acids is 2. The monoisotopic (exact) mass is 305 g/mol. The van der Waals surface area contributed by atoms with Crippen LogP contribution in [-0.2, 0) is 9.59 Å². The third-order valence-electron chi connectivity index (χ3n) is 4.14. The molecule has 22 heavy (non-hydrogen) atoms. The van der Waals surface area contributed by atoms with E-state index in [2.05, 4.69) is 34.1 Å². The number of hydrogen-bond acceptors (Lipinski definition) is 5. The summed E-state index contributed by atoms with van der Waals surface area (Å²) in [7, 11) is 7.08. The van der Waals surface area contributed by atoms with Crippen molar-refractivity contribution in [2.24, 2.45) is 5.10 Å². The molecule has 2 aliphatic heterocycles. The SMILES string of the molecule is CNC(=O)C1=NN(C)C(=O)/C1=C/C=C1\N(C)CC(C)(C)N1C. The van der Waals surface area contributed by atoms with E-state index in [0.29, 0.717) is 5.57 Å². The topological polar surface area (TPSA) is 68.2 Å². The summed E-state index contributed by atoms with van der Waals surface area (Å²) in [5, 5.41) is 7.68. The molecule has 2 amide bonds. The van der Waals surface area contributed by atoms with Crippen molar-refractivity contribution in [3.63, 3.8) is 0 Å². The Labute approximate surface area is 130 Å². The lowest BCUT2D eigenvalue weighted by atomic mass is 10.1. The summed E-state index contributed by atoms with van der Waals surface area (Å²) < 4.78 is 0. The van der Waals surface area contributed by atoms with Crippen LogP contribution in [0.5, 0.6) is 0 Å². The van der Waals surface area contributed by atoms with Crippen molar-refractivity contribution in [2.45, 2.75) is 19.4 Å². The third-order valence-corrected chi connectivity index (χ3v) is 4.14. The summed E-state index contributed by atoms with van der Waals surface area (Å²) in [5.41, 5.74) is 0.475. The van der Waals surface area contributed by atoms with Crippen LogP contribution in [0.3, 0.4) is 0 Å². The molecule has 7 nitrogen and oxygen atoms in total. The van der Waals surface area contributed by atoms with Crippen LogP contribution < -0.4 is 5.32 Å². The summed E-state index contributed by atoms with van der Waals surface area (Å²) in [6, 6.07) is 0. The minimum Gasteiger partial charge on any atom is -0.359 e. The molecule has 0 aliphatic carbocycles. The van der Waals surface area contributed by atoms with E-state index in [-0.39, 0.29) is 23.1 Å². The van der Waals surface area contributed by atoms with E-state index in [1.54, 1.807) is 6.08 Å². The molecule has 2 heterocycles. The van der Waals surface area contributed by atoms with Crippen molar-refractivity contribution in [3.8, 4) is 0 Å². The molecule has 0 spiro atoms. The number of amides is 2. The predicted octanol–water partition coefficient (Wildman–Crippen LogP) is -0.0160. The van der Waals surface area contributed by atoms with Crippen LogP contribution in [0.25, 0.3) is 0 Å². The van der Waals surface area contributed by atoms with Gasteiger partial charge in [0, 0.05) is 34.7 Å². The maximum absolute atomic E-state index is 12.1. The van der Waals surface area contributed by atoms with Gasteiger partial charge in [-0.2, -0.15) is 5.10 Å². The number of rotatable bonds is 2. The summed E-state index contributed by atoms with van der Waals surface area (Å²) in [5.74, 6) is 0.352. The van der Waals surface area contributed by atoms with E-state index in [9.17, 15) is 9.59 Å². The van der Waals surface area contributed by atoms with Crippen LogP contribution in [0, 0.1) is 0 Å². The zero-order valence-corrected chi connectivity index (χ0v) is 14.0. The van der Waals surface area contributed by atoms with E-state index in [1.807, 2.05) is 20.2 Å². The van der Waals surface area contributed by atoms with Gasteiger partial charge in [-0.25, -0.2) is 5.01 Å². The second-order valence-corrected chi connectivity index (χ2v) is 6.19. The molecule has 2 aliphatic rings. The molecule has 1 saturated heterocycles. The maximum atomic E-state index is 12.1. The van der Waals surface area contributed by atoms with E-state index in [4.69, 9.17) is 0 Å². The molecule has 1 N–H and O–H groups in total. The van der Waals surface area contributed by atoms with Crippen LogP contribution >= 0.6 is 0 Å². The van der Waals surface area contributed by atoms with E-state index in [0.717, 1.165) is 12.4 Å². The molecule has 0 radical (unpaired) electrons. The van der Waals surface area contributed by atoms with Crippen LogP contribution in [0.1, 0.15) is 13.8 Å². The molecule has 0 saturated carbocycles. The molecule has 7 heteroatoms. The highest BCUT2D eigenvalue weighted by atomic mass is 16.2. The molecule has 0 unspecified atom stereocenters. The quantitative estimate of drug-likeness (QED) is 0.728. The number of hydrazone groups is 1. The van der Waals surface area contributed by atoms with Crippen LogP contribution in [0.15, 0.2) is 28.6 Å². The lowest BCUT2D eigenvalue weighted by Crippen LogP contribution is -2.36. The van der Waals surface area contributed by atoms with Crippen molar-refractivity contribution in [1.82, 2.24) is 20.1 Å². The normalized spacial score (nSPS) is 24.5.